The number of esters is 1. The fourth-order valence-corrected chi connectivity index (χ4v) is 2.21. The number of anilines is 1. The van der Waals surface area contributed by atoms with Crippen molar-refractivity contribution in [2.45, 2.75) is 13.0 Å². The summed E-state index contributed by atoms with van der Waals surface area (Å²) in [6.45, 7) is 1.44. The number of nitrogens with one attached hydrogen (secondary N) is 1. The van der Waals surface area contributed by atoms with E-state index in [0.717, 1.165) is 0 Å². The SMILES string of the molecule is COc1ccc(OC)c(C(=O)O[C@@H](C)C(=O)Nc2ccc(C(N)=O)cc2)c1. The van der Waals surface area contributed by atoms with E-state index in [1.54, 1.807) is 12.1 Å². The molecule has 0 aliphatic rings. The largest absolute Gasteiger partial charge is 0.497 e. The normalized spacial score (nSPS) is 11.2. The maximum absolute atomic E-state index is 12.4. The Bertz CT molecular complexity index is 848. The van der Waals surface area contributed by atoms with Crippen LogP contribution in [0.15, 0.2) is 42.5 Å². The second kappa shape index (κ2) is 8.70. The lowest BCUT2D eigenvalue weighted by Crippen LogP contribution is -2.30. The van der Waals surface area contributed by atoms with Gasteiger partial charge in [-0.3, -0.25) is 9.59 Å². The van der Waals surface area contributed by atoms with E-state index >= 15 is 0 Å². The molecule has 0 aliphatic carbocycles. The molecule has 0 spiro atoms. The van der Waals surface area contributed by atoms with Crippen molar-refractivity contribution in [1.82, 2.24) is 0 Å². The lowest BCUT2D eigenvalue weighted by molar-refractivity contribution is -0.123. The summed E-state index contributed by atoms with van der Waals surface area (Å²) in [5, 5.41) is 2.59. The molecule has 0 fully saturated rings. The van der Waals surface area contributed by atoms with Gasteiger partial charge in [0.05, 0.1) is 14.2 Å². The van der Waals surface area contributed by atoms with Gasteiger partial charge in [0.2, 0.25) is 5.91 Å². The van der Waals surface area contributed by atoms with Crippen LogP contribution in [0.3, 0.4) is 0 Å². The number of hydrogen-bond acceptors (Lipinski definition) is 6. The fraction of sp³-hybridized carbons (Fsp3) is 0.211. The van der Waals surface area contributed by atoms with Crippen molar-refractivity contribution in [3.05, 3.63) is 53.6 Å². The molecule has 0 saturated heterocycles. The van der Waals surface area contributed by atoms with Crippen molar-refractivity contribution in [2.24, 2.45) is 5.73 Å². The third-order valence-electron chi connectivity index (χ3n) is 3.72. The van der Waals surface area contributed by atoms with E-state index in [9.17, 15) is 14.4 Å². The highest BCUT2D eigenvalue weighted by Gasteiger charge is 2.22. The van der Waals surface area contributed by atoms with E-state index in [1.165, 1.54) is 51.5 Å². The molecule has 1 atom stereocenters. The van der Waals surface area contributed by atoms with Gasteiger partial charge in [-0.1, -0.05) is 0 Å². The van der Waals surface area contributed by atoms with Gasteiger partial charge < -0.3 is 25.3 Å². The van der Waals surface area contributed by atoms with Crippen LogP contribution in [0.1, 0.15) is 27.6 Å². The topological polar surface area (TPSA) is 117 Å². The Kier molecular flexibility index (Phi) is 6.37. The number of nitrogens with two attached hydrogens (primary N) is 1. The number of primary amides is 1. The Labute approximate surface area is 156 Å². The molecule has 3 N–H and O–H groups in total. The summed E-state index contributed by atoms with van der Waals surface area (Å²) in [5.41, 5.74) is 6.06. The van der Waals surface area contributed by atoms with Crippen LogP contribution in [0.25, 0.3) is 0 Å². The van der Waals surface area contributed by atoms with E-state index in [0.29, 0.717) is 22.7 Å². The second-order valence-electron chi connectivity index (χ2n) is 5.54. The fourth-order valence-electron chi connectivity index (χ4n) is 2.21. The van der Waals surface area contributed by atoms with Crippen molar-refractivity contribution in [1.29, 1.82) is 0 Å². The summed E-state index contributed by atoms with van der Waals surface area (Å²) in [6.07, 6.45) is -1.07. The first kappa shape index (κ1) is 19.8. The van der Waals surface area contributed by atoms with Crippen LogP contribution in [0.4, 0.5) is 5.69 Å². The number of rotatable bonds is 7. The van der Waals surface area contributed by atoms with E-state index in [2.05, 4.69) is 5.32 Å². The molecule has 2 aromatic carbocycles. The van der Waals surface area contributed by atoms with Gasteiger partial charge in [-0.25, -0.2) is 4.79 Å². The molecule has 142 valence electrons. The Morgan fingerprint density at radius 3 is 2.22 bits per heavy atom. The van der Waals surface area contributed by atoms with Gasteiger partial charge in [-0.2, -0.15) is 0 Å². The van der Waals surface area contributed by atoms with Gasteiger partial charge in [0, 0.05) is 11.3 Å². The summed E-state index contributed by atoms with van der Waals surface area (Å²) in [7, 11) is 2.89. The minimum Gasteiger partial charge on any atom is -0.497 e. The van der Waals surface area contributed by atoms with Crippen molar-refractivity contribution in [2.75, 3.05) is 19.5 Å². The van der Waals surface area contributed by atoms with Gasteiger partial charge in [0.15, 0.2) is 6.10 Å². The van der Waals surface area contributed by atoms with Crippen molar-refractivity contribution in [3.8, 4) is 11.5 Å². The van der Waals surface area contributed by atoms with Crippen LogP contribution in [0, 0.1) is 0 Å². The lowest BCUT2D eigenvalue weighted by atomic mass is 10.2. The van der Waals surface area contributed by atoms with Crippen molar-refractivity contribution >= 4 is 23.5 Å². The molecule has 0 heterocycles. The maximum Gasteiger partial charge on any atom is 0.342 e. The highest BCUT2D eigenvalue weighted by molar-refractivity contribution is 5.99. The molecule has 8 nitrogen and oxygen atoms in total. The zero-order valence-corrected chi connectivity index (χ0v) is 15.1. The van der Waals surface area contributed by atoms with E-state index < -0.39 is 23.9 Å². The van der Waals surface area contributed by atoms with E-state index in [1.807, 2.05) is 0 Å². The zero-order chi connectivity index (χ0) is 20.0. The van der Waals surface area contributed by atoms with E-state index in [-0.39, 0.29) is 5.56 Å². The van der Waals surface area contributed by atoms with E-state index in [4.69, 9.17) is 19.9 Å². The first-order valence-corrected chi connectivity index (χ1v) is 7.99. The summed E-state index contributed by atoms with van der Waals surface area (Å²) in [6, 6.07) is 10.7. The molecule has 0 aromatic heterocycles. The first-order valence-electron chi connectivity index (χ1n) is 7.99. The van der Waals surface area contributed by atoms with Crippen LogP contribution >= 0.6 is 0 Å². The summed E-state index contributed by atoms with van der Waals surface area (Å²) < 4.78 is 15.4. The molecule has 2 aromatic rings. The number of carbonyl (C=O) groups is 3. The maximum atomic E-state index is 12.4. The minimum atomic E-state index is -1.07. The molecule has 0 unspecified atom stereocenters. The molecular formula is C19H20N2O6. The molecule has 8 heteroatoms. The summed E-state index contributed by atoms with van der Waals surface area (Å²) in [4.78, 5) is 35.7. The molecule has 0 aliphatic heterocycles. The summed E-state index contributed by atoms with van der Waals surface area (Å²) >= 11 is 0. The summed E-state index contributed by atoms with van der Waals surface area (Å²) in [5.74, 6) is -1.07. The molecule has 2 rings (SSSR count). The zero-order valence-electron chi connectivity index (χ0n) is 15.1. The van der Waals surface area contributed by atoms with Gasteiger partial charge >= 0.3 is 5.97 Å². The van der Waals surface area contributed by atoms with Crippen LogP contribution < -0.4 is 20.5 Å². The Balaban J connectivity index is 2.05. The Morgan fingerprint density at radius 1 is 1.00 bits per heavy atom. The number of hydrogen-bond donors (Lipinski definition) is 2. The number of ether oxygens (including phenoxy) is 3. The van der Waals surface area contributed by atoms with Gasteiger partial charge in [-0.05, 0) is 49.4 Å². The smallest absolute Gasteiger partial charge is 0.342 e. The van der Waals surface area contributed by atoms with Crippen LogP contribution in [0.2, 0.25) is 0 Å². The first-order chi connectivity index (χ1) is 12.8. The lowest BCUT2D eigenvalue weighted by Gasteiger charge is -2.15. The average Bonchev–Trinajstić information content (AvgIpc) is 2.67. The third kappa shape index (κ3) is 4.97. The number of methoxy groups -OCH3 is 2. The molecule has 27 heavy (non-hydrogen) atoms. The van der Waals surface area contributed by atoms with Crippen LogP contribution in [0.5, 0.6) is 11.5 Å². The second-order valence-corrected chi connectivity index (χ2v) is 5.54. The predicted octanol–water partition coefficient (Wildman–Crippen LogP) is 1.99. The molecule has 0 saturated carbocycles. The molecule has 0 bridgehead atoms. The minimum absolute atomic E-state index is 0.141. The number of amides is 2. The highest BCUT2D eigenvalue weighted by Crippen LogP contribution is 2.25. The van der Waals surface area contributed by atoms with Crippen molar-refractivity contribution < 1.29 is 28.6 Å². The number of benzene rings is 2. The molecule has 2 amide bonds. The quantitative estimate of drug-likeness (QED) is 0.718. The highest BCUT2D eigenvalue weighted by atomic mass is 16.5. The average molecular weight is 372 g/mol. The van der Waals surface area contributed by atoms with Crippen LogP contribution in [-0.4, -0.2) is 38.1 Å². The third-order valence-corrected chi connectivity index (χ3v) is 3.72. The monoisotopic (exact) mass is 372 g/mol. The van der Waals surface area contributed by atoms with Gasteiger partial charge in [-0.15, -0.1) is 0 Å². The van der Waals surface area contributed by atoms with Crippen LogP contribution in [-0.2, 0) is 9.53 Å². The van der Waals surface area contributed by atoms with Gasteiger partial charge in [0.1, 0.15) is 17.1 Å². The number of carbonyl (C=O) groups excluding carboxylic acids is 3. The Hall–Kier alpha value is -3.55. The Morgan fingerprint density at radius 2 is 1.67 bits per heavy atom. The molecular weight excluding hydrogens is 352 g/mol. The standard InChI is InChI=1S/C19H20N2O6/c1-11(18(23)21-13-6-4-12(5-7-13)17(20)22)27-19(24)15-10-14(25-2)8-9-16(15)26-3/h4-11H,1-3H3,(H2,20,22)(H,21,23)/t11-/m0/s1. The predicted molar refractivity (Wildman–Crippen MR) is 98.0 cm³/mol. The van der Waals surface area contributed by atoms with Crippen molar-refractivity contribution in [3.63, 3.8) is 0 Å². The molecule has 0 radical (unpaired) electrons. The van der Waals surface area contributed by atoms with Gasteiger partial charge in [0.25, 0.3) is 5.91 Å².